The van der Waals surface area contributed by atoms with Gasteiger partial charge in [0, 0.05) is 19.5 Å². The minimum atomic E-state index is 0.462. The minimum Gasteiger partial charge on any atom is -0.465 e. The number of furan rings is 1. The monoisotopic (exact) mass is 371 g/mol. The third-order valence-corrected chi connectivity index (χ3v) is 6.28. The van der Waals surface area contributed by atoms with Crippen LogP contribution in [-0.2, 0) is 20.1 Å². The first-order valence-corrected chi connectivity index (χ1v) is 10.5. The summed E-state index contributed by atoms with van der Waals surface area (Å²) < 4.78 is 8.14. The molecule has 4 rings (SSSR count). The first-order valence-electron chi connectivity index (χ1n) is 10.5. The van der Waals surface area contributed by atoms with Crippen molar-refractivity contribution in [2.24, 2.45) is 7.05 Å². The maximum atomic E-state index is 5.89. The molecule has 1 atom stereocenters. The molecule has 6 heteroatoms. The van der Waals surface area contributed by atoms with Crippen molar-refractivity contribution < 1.29 is 4.42 Å². The average Bonchev–Trinajstić information content (AvgIpc) is 3.18. The van der Waals surface area contributed by atoms with E-state index in [1.807, 2.05) is 6.92 Å². The number of hydrogen-bond acceptors (Lipinski definition) is 5. The molecule has 2 aromatic rings. The fraction of sp³-hybridized carbons (Fsp3) is 0.714. The van der Waals surface area contributed by atoms with Crippen LogP contribution in [0.3, 0.4) is 0 Å². The van der Waals surface area contributed by atoms with E-state index in [1.54, 1.807) is 0 Å². The normalized spacial score (nSPS) is 22.4. The summed E-state index contributed by atoms with van der Waals surface area (Å²) in [6.07, 6.45) is 6.40. The lowest BCUT2D eigenvalue weighted by molar-refractivity contribution is 0.181. The van der Waals surface area contributed by atoms with Crippen LogP contribution in [0.25, 0.3) is 0 Å². The Labute approximate surface area is 162 Å². The number of rotatable bonds is 5. The van der Waals surface area contributed by atoms with E-state index in [0.29, 0.717) is 5.92 Å². The van der Waals surface area contributed by atoms with Crippen LogP contribution in [0.2, 0.25) is 0 Å². The molecular weight excluding hydrogens is 338 g/mol. The molecule has 0 saturated carbocycles. The number of piperidine rings is 2. The molecule has 0 aliphatic carbocycles. The van der Waals surface area contributed by atoms with Crippen molar-refractivity contribution in [3.63, 3.8) is 0 Å². The quantitative estimate of drug-likeness (QED) is 0.806. The minimum absolute atomic E-state index is 0.462. The lowest BCUT2D eigenvalue weighted by atomic mass is 9.97. The van der Waals surface area contributed by atoms with E-state index < -0.39 is 0 Å². The van der Waals surface area contributed by atoms with Crippen LogP contribution < -0.4 is 0 Å². The Bertz CT molecular complexity index is 739. The van der Waals surface area contributed by atoms with Crippen LogP contribution in [0, 0.1) is 13.8 Å². The Morgan fingerprint density at radius 1 is 1.00 bits per heavy atom. The van der Waals surface area contributed by atoms with Gasteiger partial charge < -0.3 is 8.98 Å². The van der Waals surface area contributed by atoms with Crippen molar-refractivity contribution in [2.75, 3.05) is 26.2 Å². The highest BCUT2D eigenvalue weighted by molar-refractivity contribution is 5.18. The Morgan fingerprint density at radius 3 is 2.52 bits per heavy atom. The fourth-order valence-corrected chi connectivity index (χ4v) is 4.54. The predicted octanol–water partition coefficient (Wildman–Crippen LogP) is 3.39. The maximum absolute atomic E-state index is 5.89. The van der Waals surface area contributed by atoms with E-state index in [-0.39, 0.29) is 0 Å². The number of aryl methyl sites for hydroxylation is 2. The van der Waals surface area contributed by atoms with E-state index in [0.717, 1.165) is 49.3 Å². The summed E-state index contributed by atoms with van der Waals surface area (Å²) in [4.78, 5) is 5.02. The Morgan fingerprint density at radius 2 is 1.78 bits per heavy atom. The number of likely N-dealkylation sites (tertiary alicyclic amines) is 2. The van der Waals surface area contributed by atoms with E-state index in [1.165, 1.54) is 50.8 Å². The Kier molecular flexibility index (Phi) is 5.64. The molecule has 0 N–H and O–H groups in total. The zero-order chi connectivity index (χ0) is 18.8. The van der Waals surface area contributed by atoms with Gasteiger partial charge in [0.1, 0.15) is 23.2 Å². The molecule has 2 fully saturated rings. The van der Waals surface area contributed by atoms with Crippen LogP contribution >= 0.6 is 0 Å². The second-order valence-corrected chi connectivity index (χ2v) is 8.40. The smallest absolute Gasteiger partial charge is 0.146 e. The molecule has 2 saturated heterocycles. The Balaban J connectivity index is 1.40. The molecule has 0 spiro atoms. The summed E-state index contributed by atoms with van der Waals surface area (Å²) in [6.45, 7) is 10.5. The summed E-state index contributed by atoms with van der Waals surface area (Å²) in [7, 11) is 2.15. The fourth-order valence-electron chi connectivity index (χ4n) is 4.54. The first kappa shape index (κ1) is 18.7. The lowest BCUT2D eigenvalue weighted by Gasteiger charge is -2.31. The highest BCUT2D eigenvalue weighted by Gasteiger charge is 2.27. The average molecular weight is 372 g/mol. The van der Waals surface area contributed by atoms with Gasteiger partial charge in [-0.25, -0.2) is 0 Å². The van der Waals surface area contributed by atoms with Crippen LogP contribution in [-0.4, -0.2) is 50.7 Å². The Hall–Kier alpha value is -1.66. The van der Waals surface area contributed by atoms with E-state index in [9.17, 15) is 0 Å². The SMILES string of the molecule is Cc1cc(CN2CCC[C@H](c3nnc(CN4CCCCC4)n3C)C2)oc1C. The lowest BCUT2D eigenvalue weighted by Crippen LogP contribution is -2.35. The molecule has 148 valence electrons. The summed E-state index contributed by atoms with van der Waals surface area (Å²) >= 11 is 0. The summed E-state index contributed by atoms with van der Waals surface area (Å²) in [6, 6.07) is 2.18. The van der Waals surface area contributed by atoms with Crippen molar-refractivity contribution in [3.05, 3.63) is 34.8 Å². The number of nitrogens with zero attached hydrogens (tertiary/aromatic N) is 5. The van der Waals surface area contributed by atoms with Gasteiger partial charge in [-0.05, 0) is 70.8 Å². The molecule has 0 unspecified atom stereocenters. The summed E-state index contributed by atoms with van der Waals surface area (Å²) in [5, 5.41) is 9.14. The third kappa shape index (κ3) is 4.27. The molecule has 4 heterocycles. The van der Waals surface area contributed by atoms with Gasteiger partial charge in [0.15, 0.2) is 0 Å². The molecular formula is C21H33N5O. The van der Waals surface area contributed by atoms with E-state index in [2.05, 4.69) is 44.6 Å². The molecule has 27 heavy (non-hydrogen) atoms. The van der Waals surface area contributed by atoms with Gasteiger partial charge >= 0.3 is 0 Å². The van der Waals surface area contributed by atoms with Crippen molar-refractivity contribution >= 4 is 0 Å². The summed E-state index contributed by atoms with van der Waals surface area (Å²) in [5.41, 5.74) is 1.24. The van der Waals surface area contributed by atoms with Crippen molar-refractivity contribution in [2.45, 2.75) is 65.0 Å². The van der Waals surface area contributed by atoms with Gasteiger partial charge in [0.25, 0.3) is 0 Å². The number of aromatic nitrogens is 3. The molecule has 2 aliphatic heterocycles. The van der Waals surface area contributed by atoms with Crippen molar-refractivity contribution in [1.29, 1.82) is 0 Å². The second-order valence-electron chi connectivity index (χ2n) is 8.40. The van der Waals surface area contributed by atoms with Crippen molar-refractivity contribution in [3.8, 4) is 0 Å². The molecule has 2 aliphatic rings. The van der Waals surface area contributed by atoms with Crippen LogP contribution in [0.1, 0.15) is 66.8 Å². The van der Waals surface area contributed by atoms with Gasteiger partial charge in [0.05, 0.1) is 13.1 Å². The molecule has 2 aromatic heterocycles. The molecule has 0 radical (unpaired) electrons. The zero-order valence-electron chi connectivity index (χ0n) is 17.1. The molecule has 0 aromatic carbocycles. The van der Waals surface area contributed by atoms with E-state index in [4.69, 9.17) is 4.42 Å². The predicted molar refractivity (Wildman–Crippen MR) is 106 cm³/mol. The van der Waals surface area contributed by atoms with Crippen LogP contribution in [0.4, 0.5) is 0 Å². The van der Waals surface area contributed by atoms with Gasteiger partial charge in [-0.15, -0.1) is 10.2 Å². The first-order chi connectivity index (χ1) is 13.1. The van der Waals surface area contributed by atoms with E-state index >= 15 is 0 Å². The van der Waals surface area contributed by atoms with Gasteiger partial charge in [-0.3, -0.25) is 9.80 Å². The standard InChI is InChI=1S/C21H33N5O/c1-16-12-19(27-17(16)2)14-26-11-7-8-18(13-26)21-23-22-20(24(21)3)15-25-9-5-4-6-10-25/h12,18H,4-11,13-15H2,1-3H3/t18-/m0/s1. The van der Waals surface area contributed by atoms with Gasteiger partial charge in [0.2, 0.25) is 0 Å². The zero-order valence-corrected chi connectivity index (χ0v) is 17.1. The highest BCUT2D eigenvalue weighted by atomic mass is 16.3. The molecule has 0 amide bonds. The van der Waals surface area contributed by atoms with Crippen LogP contribution in [0.15, 0.2) is 10.5 Å². The van der Waals surface area contributed by atoms with Gasteiger partial charge in [-0.1, -0.05) is 6.42 Å². The third-order valence-electron chi connectivity index (χ3n) is 6.28. The molecule has 0 bridgehead atoms. The highest BCUT2D eigenvalue weighted by Crippen LogP contribution is 2.27. The maximum Gasteiger partial charge on any atom is 0.146 e. The number of hydrogen-bond donors (Lipinski definition) is 0. The summed E-state index contributed by atoms with van der Waals surface area (Å²) in [5.74, 6) is 4.84. The largest absolute Gasteiger partial charge is 0.465 e. The molecule has 6 nitrogen and oxygen atoms in total. The van der Waals surface area contributed by atoms with Crippen molar-refractivity contribution in [1.82, 2.24) is 24.6 Å². The van der Waals surface area contributed by atoms with Gasteiger partial charge in [-0.2, -0.15) is 0 Å². The second kappa shape index (κ2) is 8.15. The van der Waals surface area contributed by atoms with Crippen LogP contribution in [0.5, 0.6) is 0 Å². The topological polar surface area (TPSA) is 50.3 Å².